The first-order chi connectivity index (χ1) is 7.77. The fourth-order valence-corrected chi connectivity index (χ4v) is 1.36. The van der Waals surface area contributed by atoms with Crippen LogP contribution in [0.1, 0.15) is 5.56 Å². The predicted molar refractivity (Wildman–Crippen MR) is 66.2 cm³/mol. The summed E-state index contributed by atoms with van der Waals surface area (Å²) in [6.07, 6.45) is 0. The van der Waals surface area contributed by atoms with Gasteiger partial charge in [-0.25, -0.2) is 0 Å². The number of hydrogen-bond donors (Lipinski definition) is 1. The van der Waals surface area contributed by atoms with Crippen LogP contribution in [0.5, 0.6) is 0 Å². The second kappa shape index (κ2) is 4.57. The summed E-state index contributed by atoms with van der Waals surface area (Å²) in [6, 6.07) is 15.3. The lowest BCUT2D eigenvalue weighted by atomic mass is 10.2. The van der Waals surface area contributed by atoms with E-state index in [1.54, 1.807) is 0 Å². The topological polar surface area (TPSA) is 50.7 Å². The highest BCUT2D eigenvalue weighted by molar-refractivity contribution is 5.61. The van der Waals surface area contributed by atoms with Gasteiger partial charge in [0.1, 0.15) is 5.69 Å². The van der Waals surface area contributed by atoms with E-state index in [9.17, 15) is 0 Å². The molecule has 0 spiro atoms. The maximum Gasteiger partial charge on any atom is 0.109 e. The Labute approximate surface area is 94.6 Å². The van der Waals surface area contributed by atoms with Crippen molar-refractivity contribution in [3.05, 3.63) is 54.1 Å². The number of hydrogen-bond acceptors (Lipinski definition) is 3. The van der Waals surface area contributed by atoms with Crippen molar-refractivity contribution in [1.82, 2.24) is 0 Å². The van der Waals surface area contributed by atoms with Crippen LogP contribution in [0.2, 0.25) is 0 Å². The van der Waals surface area contributed by atoms with Crippen LogP contribution in [0.3, 0.4) is 0 Å². The summed E-state index contributed by atoms with van der Waals surface area (Å²) in [5.41, 5.74) is 9.07. The molecule has 0 saturated carbocycles. The number of rotatable bonds is 2. The molecule has 0 aromatic heterocycles. The predicted octanol–water partition coefficient (Wildman–Crippen LogP) is 3.99. The largest absolute Gasteiger partial charge is 0.397 e. The average Bonchev–Trinajstić information content (AvgIpc) is 2.30. The maximum atomic E-state index is 5.77. The zero-order valence-corrected chi connectivity index (χ0v) is 9.09. The molecule has 2 N–H and O–H groups in total. The summed E-state index contributed by atoms with van der Waals surface area (Å²) in [5, 5.41) is 8.32. The second-order valence-electron chi connectivity index (χ2n) is 3.55. The molecule has 0 saturated heterocycles. The number of benzene rings is 2. The molecule has 0 bridgehead atoms. The molecule has 0 fully saturated rings. The first kappa shape index (κ1) is 10.4. The Morgan fingerprint density at radius 1 is 0.812 bits per heavy atom. The van der Waals surface area contributed by atoms with Crippen molar-refractivity contribution in [3.8, 4) is 0 Å². The Kier molecular flexibility index (Phi) is 2.96. The molecule has 0 atom stereocenters. The van der Waals surface area contributed by atoms with E-state index in [0.717, 1.165) is 11.3 Å². The number of anilines is 1. The van der Waals surface area contributed by atoms with Gasteiger partial charge < -0.3 is 5.73 Å². The molecule has 0 heterocycles. The molecule has 2 aromatic rings. The Morgan fingerprint density at radius 3 is 2.06 bits per heavy atom. The number of nitrogen functional groups attached to an aromatic ring is 1. The smallest absolute Gasteiger partial charge is 0.109 e. The van der Waals surface area contributed by atoms with Gasteiger partial charge in [-0.05, 0) is 30.7 Å². The maximum absolute atomic E-state index is 5.77. The van der Waals surface area contributed by atoms with E-state index in [1.807, 2.05) is 55.5 Å². The van der Waals surface area contributed by atoms with E-state index in [2.05, 4.69) is 10.2 Å². The van der Waals surface area contributed by atoms with Gasteiger partial charge in [0.05, 0.1) is 11.4 Å². The van der Waals surface area contributed by atoms with Gasteiger partial charge in [0.15, 0.2) is 0 Å². The van der Waals surface area contributed by atoms with Gasteiger partial charge in [0.2, 0.25) is 0 Å². The monoisotopic (exact) mass is 211 g/mol. The van der Waals surface area contributed by atoms with E-state index in [4.69, 9.17) is 5.73 Å². The molecule has 80 valence electrons. The molecule has 2 rings (SSSR count). The van der Waals surface area contributed by atoms with Crippen LogP contribution in [0, 0.1) is 6.92 Å². The summed E-state index contributed by atoms with van der Waals surface area (Å²) in [4.78, 5) is 0. The molecular formula is C13H13N3. The molecule has 0 aliphatic rings. The van der Waals surface area contributed by atoms with Gasteiger partial charge >= 0.3 is 0 Å². The van der Waals surface area contributed by atoms with Crippen LogP contribution in [0.25, 0.3) is 0 Å². The van der Waals surface area contributed by atoms with Crippen molar-refractivity contribution in [2.45, 2.75) is 6.92 Å². The minimum atomic E-state index is 0.639. The van der Waals surface area contributed by atoms with Crippen molar-refractivity contribution in [3.63, 3.8) is 0 Å². The lowest BCUT2D eigenvalue weighted by Crippen LogP contribution is -1.82. The molecular weight excluding hydrogens is 198 g/mol. The van der Waals surface area contributed by atoms with Gasteiger partial charge in [-0.1, -0.05) is 30.3 Å². The summed E-state index contributed by atoms with van der Waals surface area (Å²) >= 11 is 0. The van der Waals surface area contributed by atoms with Gasteiger partial charge in [0, 0.05) is 0 Å². The Morgan fingerprint density at radius 2 is 1.38 bits per heavy atom. The van der Waals surface area contributed by atoms with E-state index in [1.165, 1.54) is 0 Å². The summed E-state index contributed by atoms with van der Waals surface area (Å²) in [6.45, 7) is 2.00. The van der Waals surface area contributed by atoms with E-state index < -0.39 is 0 Å². The van der Waals surface area contributed by atoms with Crippen LogP contribution >= 0.6 is 0 Å². The Bertz CT molecular complexity index is 471. The highest BCUT2D eigenvalue weighted by atomic mass is 15.1. The van der Waals surface area contributed by atoms with Gasteiger partial charge in [-0.3, -0.25) is 0 Å². The third kappa shape index (κ3) is 2.25. The van der Waals surface area contributed by atoms with Gasteiger partial charge in [-0.15, -0.1) is 5.11 Å². The van der Waals surface area contributed by atoms with Crippen molar-refractivity contribution in [2.75, 3.05) is 5.73 Å². The molecule has 3 nitrogen and oxygen atoms in total. The first-order valence-electron chi connectivity index (χ1n) is 5.09. The number of aryl methyl sites for hydroxylation is 1. The standard InChI is InChI=1S/C13H13N3/c1-10-6-2-4-8-12(10)15-16-13-9-5-3-7-11(13)14/h2-9H,14H2,1H3. The normalized spacial score (nSPS) is 10.8. The average molecular weight is 211 g/mol. The third-order valence-corrected chi connectivity index (χ3v) is 2.32. The summed E-state index contributed by atoms with van der Waals surface area (Å²) in [7, 11) is 0. The molecule has 2 aromatic carbocycles. The Balaban J connectivity index is 2.29. The fourth-order valence-electron chi connectivity index (χ4n) is 1.36. The first-order valence-corrected chi connectivity index (χ1v) is 5.09. The van der Waals surface area contributed by atoms with Crippen molar-refractivity contribution in [2.24, 2.45) is 10.2 Å². The zero-order valence-electron chi connectivity index (χ0n) is 9.09. The second-order valence-corrected chi connectivity index (χ2v) is 3.55. The van der Waals surface area contributed by atoms with Crippen LogP contribution in [0.4, 0.5) is 17.1 Å². The molecule has 3 heteroatoms. The van der Waals surface area contributed by atoms with E-state index in [0.29, 0.717) is 11.4 Å². The minimum Gasteiger partial charge on any atom is -0.397 e. The molecule has 0 aliphatic carbocycles. The highest BCUT2D eigenvalue weighted by Crippen LogP contribution is 2.25. The molecule has 16 heavy (non-hydrogen) atoms. The number of azo groups is 1. The molecule has 0 unspecified atom stereocenters. The lowest BCUT2D eigenvalue weighted by Gasteiger charge is -1.99. The number of para-hydroxylation sites is 1. The van der Waals surface area contributed by atoms with Crippen LogP contribution < -0.4 is 5.73 Å². The van der Waals surface area contributed by atoms with Gasteiger partial charge in [-0.2, -0.15) is 5.11 Å². The summed E-state index contributed by atoms with van der Waals surface area (Å²) in [5.74, 6) is 0. The zero-order chi connectivity index (χ0) is 11.4. The van der Waals surface area contributed by atoms with Crippen molar-refractivity contribution in [1.29, 1.82) is 0 Å². The number of nitrogens with zero attached hydrogens (tertiary/aromatic N) is 2. The Hall–Kier alpha value is -2.16. The lowest BCUT2D eigenvalue weighted by molar-refractivity contribution is 1.21. The molecule has 0 aliphatic heterocycles. The SMILES string of the molecule is Cc1ccccc1N=Nc1ccccc1N. The van der Waals surface area contributed by atoms with Crippen LogP contribution in [-0.2, 0) is 0 Å². The van der Waals surface area contributed by atoms with E-state index >= 15 is 0 Å². The highest BCUT2D eigenvalue weighted by Gasteiger charge is 1.96. The third-order valence-electron chi connectivity index (χ3n) is 2.32. The van der Waals surface area contributed by atoms with Crippen molar-refractivity contribution < 1.29 is 0 Å². The number of nitrogens with two attached hydrogens (primary N) is 1. The van der Waals surface area contributed by atoms with Gasteiger partial charge in [0.25, 0.3) is 0 Å². The minimum absolute atomic E-state index is 0.639. The van der Waals surface area contributed by atoms with Crippen LogP contribution in [-0.4, -0.2) is 0 Å². The molecule has 0 amide bonds. The molecule has 0 radical (unpaired) electrons. The quantitative estimate of drug-likeness (QED) is 0.592. The van der Waals surface area contributed by atoms with Crippen LogP contribution in [0.15, 0.2) is 58.8 Å². The van der Waals surface area contributed by atoms with Crippen molar-refractivity contribution >= 4 is 17.1 Å². The fraction of sp³-hybridized carbons (Fsp3) is 0.0769. The summed E-state index contributed by atoms with van der Waals surface area (Å²) < 4.78 is 0. The van der Waals surface area contributed by atoms with E-state index in [-0.39, 0.29) is 0 Å².